The van der Waals surface area contributed by atoms with Gasteiger partial charge in [-0.2, -0.15) is 0 Å². The van der Waals surface area contributed by atoms with Gasteiger partial charge in [-0.1, -0.05) is 22.9 Å². The van der Waals surface area contributed by atoms with E-state index in [-0.39, 0.29) is 0 Å². The lowest BCUT2D eigenvalue weighted by Gasteiger charge is -2.22. The zero-order valence-electron chi connectivity index (χ0n) is 12.9. The van der Waals surface area contributed by atoms with E-state index in [4.69, 9.17) is 4.42 Å². The SMILES string of the molecule is CCCNCc1cc(Br)ccc1N(C)Cc1ccc(C)o1. The zero-order valence-corrected chi connectivity index (χ0v) is 14.5. The van der Waals surface area contributed by atoms with Gasteiger partial charge in [0.1, 0.15) is 11.5 Å². The Bertz CT molecular complexity index is 580. The zero-order chi connectivity index (χ0) is 15.2. The van der Waals surface area contributed by atoms with E-state index in [2.05, 4.69) is 58.3 Å². The first-order valence-corrected chi connectivity index (χ1v) is 8.15. The maximum Gasteiger partial charge on any atom is 0.123 e. The lowest BCUT2D eigenvalue weighted by molar-refractivity contribution is 0.481. The average Bonchev–Trinajstić information content (AvgIpc) is 2.84. The van der Waals surface area contributed by atoms with Crippen LogP contribution in [-0.2, 0) is 13.1 Å². The van der Waals surface area contributed by atoms with Crippen molar-refractivity contribution in [2.75, 3.05) is 18.5 Å². The summed E-state index contributed by atoms with van der Waals surface area (Å²) in [7, 11) is 2.10. The third-order valence-corrected chi connectivity index (χ3v) is 3.88. The molecule has 0 fully saturated rings. The number of nitrogens with one attached hydrogen (secondary N) is 1. The summed E-state index contributed by atoms with van der Waals surface area (Å²) in [5.41, 5.74) is 2.53. The Labute approximate surface area is 135 Å². The van der Waals surface area contributed by atoms with Crippen molar-refractivity contribution in [2.45, 2.75) is 33.4 Å². The van der Waals surface area contributed by atoms with Gasteiger partial charge in [-0.05, 0) is 55.8 Å². The Morgan fingerprint density at radius 2 is 2.05 bits per heavy atom. The van der Waals surface area contributed by atoms with Gasteiger partial charge in [0, 0.05) is 23.8 Å². The second-order valence-electron chi connectivity index (χ2n) is 5.32. The third kappa shape index (κ3) is 4.61. The molecule has 21 heavy (non-hydrogen) atoms. The van der Waals surface area contributed by atoms with Crippen LogP contribution in [0.4, 0.5) is 5.69 Å². The molecule has 114 valence electrons. The molecular formula is C17H23BrN2O. The molecule has 0 atom stereocenters. The van der Waals surface area contributed by atoms with Gasteiger partial charge in [0.25, 0.3) is 0 Å². The summed E-state index contributed by atoms with van der Waals surface area (Å²) in [5.74, 6) is 1.95. The van der Waals surface area contributed by atoms with Crippen molar-refractivity contribution in [2.24, 2.45) is 0 Å². The fourth-order valence-corrected chi connectivity index (χ4v) is 2.77. The quantitative estimate of drug-likeness (QED) is 0.746. The molecule has 1 aromatic carbocycles. The van der Waals surface area contributed by atoms with Gasteiger partial charge in [0.05, 0.1) is 6.54 Å². The van der Waals surface area contributed by atoms with Crippen LogP contribution in [0.1, 0.15) is 30.4 Å². The number of anilines is 1. The van der Waals surface area contributed by atoms with E-state index in [1.165, 1.54) is 11.3 Å². The lowest BCUT2D eigenvalue weighted by Crippen LogP contribution is -2.21. The summed E-state index contributed by atoms with van der Waals surface area (Å²) in [5, 5.41) is 3.47. The van der Waals surface area contributed by atoms with Crippen LogP contribution in [0, 0.1) is 6.92 Å². The van der Waals surface area contributed by atoms with E-state index in [0.29, 0.717) is 0 Å². The molecule has 3 nitrogen and oxygen atoms in total. The first-order chi connectivity index (χ1) is 10.1. The summed E-state index contributed by atoms with van der Waals surface area (Å²) in [6.45, 7) is 6.84. The number of rotatable bonds is 7. The number of furan rings is 1. The van der Waals surface area contributed by atoms with Gasteiger partial charge in [-0.25, -0.2) is 0 Å². The monoisotopic (exact) mass is 350 g/mol. The number of halogens is 1. The van der Waals surface area contributed by atoms with Crippen LogP contribution in [0.15, 0.2) is 39.2 Å². The molecule has 2 aromatic rings. The minimum absolute atomic E-state index is 0.774. The predicted octanol–water partition coefficient (Wildman–Crippen LogP) is 4.49. The van der Waals surface area contributed by atoms with Crippen molar-refractivity contribution in [3.05, 3.63) is 51.9 Å². The smallest absolute Gasteiger partial charge is 0.123 e. The summed E-state index contributed by atoms with van der Waals surface area (Å²) in [4.78, 5) is 2.23. The highest BCUT2D eigenvalue weighted by Crippen LogP contribution is 2.25. The number of benzene rings is 1. The van der Waals surface area contributed by atoms with E-state index in [9.17, 15) is 0 Å². The molecule has 0 aliphatic carbocycles. The van der Waals surface area contributed by atoms with E-state index >= 15 is 0 Å². The van der Waals surface area contributed by atoms with Gasteiger partial charge < -0.3 is 14.6 Å². The first kappa shape index (κ1) is 16.1. The molecule has 4 heteroatoms. The summed E-state index contributed by atoms with van der Waals surface area (Å²) in [6.07, 6.45) is 1.14. The molecule has 0 spiro atoms. The largest absolute Gasteiger partial charge is 0.464 e. The fourth-order valence-electron chi connectivity index (χ4n) is 2.36. The Morgan fingerprint density at radius 3 is 2.71 bits per heavy atom. The molecule has 2 rings (SSSR count). The highest BCUT2D eigenvalue weighted by atomic mass is 79.9. The average molecular weight is 351 g/mol. The maximum atomic E-state index is 5.67. The van der Waals surface area contributed by atoms with Crippen LogP contribution in [-0.4, -0.2) is 13.6 Å². The molecule has 0 amide bonds. The van der Waals surface area contributed by atoms with E-state index in [0.717, 1.165) is 42.0 Å². The van der Waals surface area contributed by atoms with Crippen LogP contribution in [0.5, 0.6) is 0 Å². The molecule has 0 radical (unpaired) electrons. The van der Waals surface area contributed by atoms with Gasteiger partial charge >= 0.3 is 0 Å². The van der Waals surface area contributed by atoms with Gasteiger partial charge in [0.2, 0.25) is 0 Å². The normalized spacial score (nSPS) is 10.9. The number of hydrogen-bond acceptors (Lipinski definition) is 3. The second-order valence-corrected chi connectivity index (χ2v) is 6.23. The standard InChI is InChI=1S/C17H23BrN2O/c1-4-9-19-11-14-10-15(18)6-8-17(14)20(3)12-16-7-5-13(2)21-16/h5-8,10,19H,4,9,11-12H2,1-3H3. The van der Waals surface area contributed by atoms with Crippen molar-refractivity contribution < 1.29 is 4.42 Å². The minimum Gasteiger partial charge on any atom is -0.464 e. The predicted molar refractivity (Wildman–Crippen MR) is 91.7 cm³/mol. The number of hydrogen-bond donors (Lipinski definition) is 1. The van der Waals surface area contributed by atoms with Gasteiger partial charge in [-0.3, -0.25) is 0 Å². The van der Waals surface area contributed by atoms with E-state index < -0.39 is 0 Å². The van der Waals surface area contributed by atoms with Crippen LogP contribution in [0.2, 0.25) is 0 Å². The molecule has 0 saturated heterocycles. The summed E-state index contributed by atoms with van der Waals surface area (Å²) in [6, 6.07) is 10.5. The molecule has 1 N–H and O–H groups in total. The Morgan fingerprint density at radius 1 is 1.24 bits per heavy atom. The number of nitrogens with zero attached hydrogens (tertiary/aromatic N) is 1. The molecular weight excluding hydrogens is 328 g/mol. The van der Waals surface area contributed by atoms with Crippen LogP contribution >= 0.6 is 15.9 Å². The molecule has 1 heterocycles. The molecule has 1 aromatic heterocycles. The lowest BCUT2D eigenvalue weighted by atomic mass is 10.1. The van der Waals surface area contributed by atoms with E-state index in [1.807, 2.05) is 19.1 Å². The summed E-state index contributed by atoms with van der Waals surface area (Å²) < 4.78 is 6.78. The topological polar surface area (TPSA) is 28.4 Å². The van der Waals surface area contributed by atoms with Crippen LogP contribution < -0.4 is 10.2 Å². The molecule has 0 aliphatic rings. The minimum atomic E-state index is 0.774. The highest BCUT2D eigenvalue weighted by molar-refractivity contribution is 9.10. The highest BCUT2D eigenvalue weighted by Gasteiger charge is 2.10. The molecule has 0 bridgehead atoms. The van der Waals surface area contributed by atoms with Crippen molar-refractivity contribution in [1.29, 1.82) is 0 Å². The van der Waals surface area contributed by atoms with Crippen molar-refractivity contribution in [1.82, 2.24) is 5.32 Å². The maximum absolute atomic E-state index is 5.67. The van der Waals surface area contributed by atoms with Crippen molar-refractivity contribution in [3.8, 4) is 0 Å². The van der Waals surface area contributed by atoms with Crippen molar-refractivity contribution >= 4 is 21.6 Å². The Hall–Kier alpha value is -1.26. The number of aryl methyl sites for hydroxylation is 1. The van der Waals surface area contributed by atoms with Gasteiger partial charge in [-0.15, -0.1) is 0 Å². The first-order valence-electron chi connectivity index (χ1n) is 7.35. The Balaban J connectivity index is 2.12. The second kappa shape index (κ2) is 7.66. The fraction of sp³-hybridized carbons (Fsp3) is 0.412. The summed E-state index contributed by atoms with van der Waals surface area (Å²) >= 11 is 3.56. The Kier molecular flexibility index (Phi) is 5.88. The van der Waals surface area contributed by atoms with Crippen molar-refractivity contribution in [3.63, 3.8) is 0 Å². The van der Waals surface area contributed by atoms with Gasteiger partial charge in [0.15, 0.2) is 0 Å². The third-order valence-electron chi connectivity index (χ3n) is 3.38. The molecule has 0 saturated carbocycles. The molecule has 0 unspecified atom stereocenters. The molecule has 0 aliphatic heterocycles. The van der Waals surface area contributed by atoms with E-state index in [1.54, 1.807) is 0 Å². The van der Waals surface area contributed by atoms with Crippen LogP contribution in [0.3, 0.4) is 0 Å². The van der Waals surface area contributed by atoms with Crippen LogP contribution in [0.25, 0.3) is 0 Å².